The van der Waals surface area contributed by atoms with Crippen molar-refractivity contribution in [1.29, 1.82) is 0 Å². The predicted octanol–water partition coefficient (Wildman–Crippen LogP) is 3.19. The smallest absolute Gasteiger partial charge is 0.254 e. The quantitative estimate of drug-likeness (QED) is 0.938. The Kier molecular flexibility index (Phi) is 3.93. The fraction of sp³-hybridized carbons (Fsp3) is 0.706. The van der Waals surface area contributed by atoms with Gasteiger partial charge in [0.1, 0.15) is 12.1 Å². The van der Waals surface area contributed by atoms with E-state index < -0.39 is 0 Å². The van der Waals surface area contributed by atoms with Crippen LogP contribution in [0.1, 0.15) is 57.1 Å². The van der Waals surface area contributed by atoms with Crippen LogP contribution in [0.2, 0.25) is 0 Å². The molecule has 2 aromatic rings. The Labute approximate surface area is 136 Å². The van der Waals surface area contributed by atoms with Gasteiger partial charge in [0.2, 0.25) is 0 Å². The number of nitrogens with one attached hydrogen (secondary N) is 1. The summed E-state index contributed by atoms with van der Waals surface area (Å²) >= 11 is 0. The second-order valence-electron chi connectivity index (χ2n) is 7.05. The van der Waals surface area contributed by atoms with Crippen molar-refractivity contribution in [3.63, 3.8) is 0 Å². The zero-order valence-corrected chi connectivity index (χ0v) is 13.8. The summed E-state index contributed by atoms with van der Waals surface area (Å²) in [4.78, 5) is 8.74. The lowest BCUT2D eigenvalue weighted by atomic mass is 9.69. The molecule has 2 saturated carbocycles. The van der Waals surface area contributed by atoms with E-state index in [9.17, 15) is 0 Å². The van der Waals surface area contributed by atoms with Gasteiger partial charge in [0.25, 0.3) is 5.78 Å². The summed E-state index contributed by atoms with van der Waals surface area (Å²) in [6, 6.07) is 2.59. The summed E-state index contributed by atoms with van der Waals surface area (Å²) in [5.41, 5.74) is 1.38. The SMILES string of the molecule is COCc1cc(N[C@@H]2CCCCC23CCCC3)n2ncnc2n1. The highest BCUT2D eigenvalue weighted by Crippen LogP contribution is 2.49. The van der Waals surface area contributed by atoms with Crippen LogP contribution in [0, 0.1) is 5.41 Å². The molecule has 2 fully saturated rings. The lowest BCUT2D eigenvalue weighted by Gasteiger charge is -2.42. The molecule has 0 bridgehead atoms. The van der Waals surface area contributed by atoms with Crippen molar-refractivity contribution in [1.82, 2.24) is 19.6 Å². The van der Waals surface area contributed by atoms with Crippen molar-refractivity contribution < 1.29 is 4.74 Å². The van der Waals surface area contributed by atoms with Crippen LogP contribution in [-0.2, 0) is 11.3 Å². The van der Waals surface area contributed by atoms with Crippen LogP contribution in [-0.4, -0.2) is 32.7 Å². The number of aromatic nitrogens is 4. The van der Waals surface area contributed by atoms with Crippen LogP contribution < -0.4 is 5.32 Å². The van der Waals surface area contributed by atoms with Crippen molar-refractivity contribution in [2.75, 3.05) is 12.4 Å². The fourth-order valence-electron chi connectivity index (χ4n) is 4.57. The second kappa shape index (κ2) is 6.07. The van der Waals surface area contributed by atoms with Gasteiger partial charge < -0.3 is 10.1 Å². The third-order valence-corrected chi connectivity index (χ3v) is 5.68. The normalized spacial score (nSPS) is 23.6. The largest absolute Gasteiger partial charge is 0.378 e. The lowest BCUT2D eigenvalue weighted by Crippen LogP contribution is -2.41. The second-order valence-corrected chi connectivity index (χ2v) is 7.05. The summed E-state index contributed by atoms with van der Waals surface area (Å²) in [5, 5.41) is 8.15. The summed E-state index contributed by atoms with van der Waals surface area (Å²) in [5.74, 6) is 1.64. The van der Waals surface area contributed by atoms with Gasteiger partial charge in [-0.25, -0.2) is 4.98 Å². The van der Waals surface area contributed by atoms with Crippen LogP contribution in [0.4, 0.5) is 5.82 Å². The minimum atomic E-state index is 0.482. The molecule has 0 radical (unpaired) electrons. The summed E-state index contributed by atoms with van der Waals surface area (Å²) in [6.45, 7) is 0.494. The maximum absolute atomic E-state index is 5.24. The van der Waals surface area contributed by atoms with Gasteiger partial charge in [-0.15, -0.1) is 0 Å². The minimum Gasteiger partial charge on any atom is -0.378 e. The molecule has 2 heterocycles. The van der Waals surface area contributed by atoms with E-state index in [1.54, 1.807) is 13.4 Å². The van der Waals surface area contributed by atoms with E-state index in [-0.39, 0.29) is 0 Å². The molecule has 1 N–H and O–H groups in total. The molecule has 6 nitrogen and oxygen atoms in total. The maximum Gasteiger partial charge on any atom is 0.254 e. The third-order valence-electron chi connectivity index (χ3n) is 5.68. The Balaban J connectivity index is 1.66. The lowest BCUT2D eigenvalue weighted by molar-refractivity contribution is 0.172. The Morgan fingerprint density at radius 1 is 1.26 bits per heavy atom. The molecule has 0 amide bonds. The fourth-order valence-corrected chi connectivity index (χ4v) is 4.57. The van der Waals surface area contributed by atoms with E-state index in [1.807, 2.05) is 4.52 Å². The van der Waals surface area contributed by atoms with Gasteiger partial charge in [-0.3, -0.25) is 0 Å². The van der Waals surface area contributed by atoms with Crippen LogP contribution in [0.15, 0.2) is 12.4 Å². The van der Waals surface area contributed by atoms with E-state index in [2.05, 4.69) is 26.4 Å². The van der Waals surface area contributed by atoms with E-state index in [0.29, 0.717) is 23.8 Å². The first-order valence-electron chi connectivity index (χ1n) is 8.76. The Bertz CT molecular complexity index is 677. The standard InChI is InChI=1S/C17H25N5O/c1-23-11-13-10-15(22-16(20-13)18-12-19-22)21-14-6-2-3-7-17(14)8-4-5-9-17/h10,12,14,21H,2-9,11H2,1H3/t14-/m1/s1. The molecule has 2 aliphatic rings. The average Bonchev–Trinajstić information content (AvgIpc) is 3.20. The predicted molar refractivity (Wildman–Crippen MR) is 88.3 cm³/mol. The zero-order chi connectivity index (χ0) is 15.7. The van der Waals surface area contributed by atoms with Crippen LogP contribution in [0.3, 0.4) is 0 Å². The van der Waals surface area contributed by atoms with Gasteiger partial charge in [0.05, 0.1) is 12.3 Å². The number of fused-ring (bicyclic) bond motifs is 1. The average molecular weight is 315 g/mol. The maximum atomic E-state index is 5.24. The molecule has 0 saturated heterocycles. The first-order valence-corrected chi connectivity index (χ1v) is 8.76. The first-order chi connectivity index (χ1) is 11.3. The molecule has 0 aromatic carbocycles. The molecular weight excluding hydrogens is 290 g/mol. The van der Waals surface area contributed by atoms with E-state index in [1.165, 1.54) is 51.4 Å². The summed E-state index contributed by atoms with van der Waals surface area (Å²) in [7, 11) is 1.69. The number of anilines is 1. The van der Waals surface area contributed by atoms with Crippen LogP contribution >= 0.6 is 0 Å². The van der Waals surface area contributed by atoms with Gasteiger partial charge in [-0.1, -0.05) is 25.7 Å². The summed E-state index contributed by atoms with van der Waals surface area (Å²) < 4.78 is 7.06. The van der Waals surface area contributed by atoms with E-state index in [4.69, 9.17) is 4.74 Å². The molecule has 23 heavy (non-hydrogen) atoms. The monoisotopic (exact) mass is 315 g/mol. The molecule has 0 aliphatic heterocycles. The number of hydrogen-bond acceptors (Lipinski definition) is 5. The Hall–Kier alpha value is -1.69. The van der Waals surface area contributed by atoms with Crippen molar-refractivity contribution >= 4 is 11.6 Å². The topological polar surface area (TPSA) is 64.3 Å². The van der Waals surface area contributed by atoms with Gasteiger partial charge in [0, 0.05) is 19.2 Å². The highest BCUT2D eigenvalue weighted by atomic mass is 16.5. The zero-order valence-electron chi connectivity index (χ0n) is 13.8. The number of hydrogen-bond donors (Lipinski definition) is 1. The molecule has 1 atom stereocenters. The van der Waals surface area contributed by atoms with Gasteiger partial charge >= 0.3 is 0 Å². The first kappa shape index (κ1) is 14.9. The van der Waals surface area contributed by atoms with Gasteiger partial charge in [0.15, 0.2) is 0 Å². The van der Waals surface area contributed by atoms with Crippen molar-refractivity contribution in [3.05, 3.63) is 18.1 Å². The molecule has 1 spiro atoms. The van der Waals surface area contributed by atoms with Crippen molar-refractivity contribution in [3.8, 4) is 0 Å². The van der Waals surface area contributed by atoms with Gasteiger partial charge in [-0.2, -0.15) is 14.6 Å². The molecule has 0 unspecified atom stereocenters. The minimum absolute atomic E-state index is 0.482. The molecule has 4 rings (SSSR count). The summed E-state index contributed by atoms with van der Waals surface area (Å²) in [6.07, 6.45) is 12.3. The highest BCUT2D eigenvalue weighted by Gasteiger charge is 2.42. The van der Waals surface area contributed by atoms with Crippen LogP contribution in [0.5, 0.6) is 0 Å². The number of ether oxygens (including phenoxy) is 1. The van der Waals surface area contributed by atoms with Gasteiger partial charge in [-0.05, 0) is 31.1 Å². The number of rotatable bonds is 4. The molecule has 2 aromatic heterocycles. The third kappa shape index (κ3) is 2.69. The van der Waals surface area contributed by atoms with E-state index in [0.717, 1.165) is 11.5 Å². The van der Waals surface area contributed by atoms with Crippen molar-refractivity contribution in [2.24, 2.45) is 5.41 Å². The molecule has 2 aliphatic carbocycles. The number of nitrogens with zero attached hydrogens (tertiary/aromatic N) is 4. The van der Waals surface area contributed by atoms with Crippen LogP contribution in [0.25, 0.3) is 5.78 Å². The molecular formula is C17H25N5O. The Morgan fingerprint density at radius 3 is 2.83 bits per heavy atom. The van der Waals surface area contributed by atoms with E-state index >= 15 is 0 Å². The molecule has 124 valence electrons. The molecule has 6 heteroatoms. The van der Waals surface area contributed by atoms with Crippen molar-refractivity contribution in [2.45, 2.75) is 64.0 Å². The Morgan fingerprint density at radius 2 is 2.04 bits per heavy atom. The number of methoxy groups -OCH3 is 1. The highest BCUT2D eigenvalue weighted by molar-refractivity contribution is 5.46.